The van der Waals surface area contributed by atoms with E-state index in [1.165, 1.54) is 17.4 Å². The second-order valence-electron chi connectivity index (χ2n) is 4.33. The SMILES string of the molecule is CCCN(CCO)C(=O)N[C@H](Cc1cnc[nH]1)C(=O)O. The molecule has 0 bridgehead atoms. The fourth-order valence-corrected chi connectivity index (χ4v) is 1.76. The zero-order valence-corrected chi connectivity index (χ0v) is 11.4. The van der Waals surface area contributed by atoms with E-state index in [4.69, 9.17) is 10.2 Å². The van der Waals surface area contributed by atoms with Gasteiger partial charge in [-0.05, 0) is 6.42 Å². The minimum Gasteiger partial charge on any atom is -0.480 e. The predicted octanol–water partition coefficient (Wildman–Crippen LogP) is -0.181. The highest BCUT2D eigenvalue weighted by Gasteiger charge is 2.23. The first-order valence-electron chi connectivity index (χ1n) is 6.44. The van der Waals surface area contributed by atoms with Gasteiger partial charge in [0, 0.05) is 31.4 Å². The monoisotopic (exact) mass is 284 g/mol. The standard InChI is InChI=1S/C12H20N4O4/c1-2-3-16(4-5-17)12(20)15-10(11(18)19)6-9-7-13-8-14-9/h7-8,10,17H,2-6H2,1H3,(H,13,14)(H,15,20)(H,18,19)/t10-/m1/s1. The third-order valence-electron chi connectivity index (χ3n) is 2.73. The number of hydrogen-bond acceptors (Lipinski definition) is 4. The van der Waals surface area contributed by atoms with Gasteiger partial charge >= 0.3 is 12.0 Å². The fourth-order valence-electron chi connectivity index (χ4n) is 1.76. The Morgan fingerprint density at radius 2 is 2.25 bits per heavy atom. The number of aromatic nitrogens is 2. The summed E-state index contributed by atoms with van der Waals surface area (Å²) in [6.45, 7) is 2.38. The number of rotatable bonds is 8. The van der Waals surface area contributed by atoms with E-state index in [1.807, 2.05) is 6.92 Å². The van der Waals surface area contributed by atoms with Crippen molar-refractivity contribution in [2.45, 2.75) is 25.8 Å². The summed E-state index contributed by atoms with van der Waals surface area (Å²) in [5.41, 5.74) is 0.627. The van der Waals surface area contributed by atoms with Gasteiger partial charge in [0.2, 0.25) is 0 Å². The van der Waals surface area contributed by atoms with Crippen molar-refractivity contribution in [2.24, 2.45) is 0 Å². The summed E-state index contributed by atoms with van der Waals surface area (Å²) < 4.78 is 0. The van der Waals surface area contributed by atoms with Gasteiger partial charge in [-0.1, -0.05) is 6.92 Å². The molecule has 0 radical (unpaired) electrons. The first kappa shape index (κ1) is 16.0. The van der Waals surface area contributed by atoms with Crippen LogP contribution in [0.1, 0.15) is 19.0 Å². The second-order valence-corrected chi connectivity index (χ2v) is 4.33. The topological polar surface area (TPSA) is 119 Å². The average Bonchev–Trinajstić information content (AvgIpc) is 2.90. The Hall–Kier alpha value is -2.09. The molecule has 20 heavy (non-hydrogen) atoms. The van der Waals surface area contributed by atoms with E-state index in [2.05, 4.69) is 15.3 Å². The molecule has 2 amide bonds. The van der Waals surface area contributed by atoms with Crippen molar-refractivity contribution in [3.8, 4) is 0 Å². The number of hydrogen-bond donors (Lipinski definition) is 4. The van der Waals surface area contributed by atoms with Crippen LogP contribution in [0.25, 0.3) is 0 Å². The normalized spacial score (nSPS) is 11.9. The lowest BCUT2D eigenvalue weighted by Gasteiger charge is -2.24. The van der Waals surface area contributed by atoms with Crippen LogP contribution in [-0.2, 0) is 11.2 Å². The molecule has 0 saturated carbocycles. The summed E-state index contributed by atoms with van der Waals surface area (Å²) in [5, 5.41) is 20.5. The van der Waals surface area contributed by atoms with E-state index in [1.54, 1.807) is 0 Å². The Morgan fingerprint density at radius 1 is 1.50 bits per heavy atom. The summed E-state index contributed by atoms with van der Waals surface area (Å²) in [6, 6.07) is -1.53. The highest BCUT2D eigenvalue weighted by atomic mass is 16.4. The van der Waals surface area contributed by atoms with Gasteiger partial charge in [-0.15, -0.1) is 0 Å². The second kappa shape index (κ2) is 8.16. The molecule has 0 fully saturated rings. The minimum atomic E-state index is -1.12. The Kier molecular flexibility index (Phi) is 6.51. The van der Waals surface area contributed by atoms with Crippen LogP contribution < -0.4 is 5.32 Å². The molecule has 0 spiro atoms. The van der Waals surface area contributed by atoms with Crippen LogP contribution in [0.4, 0.5) is 4.79 Å². The summed E-state index contributed by atoms with van der Waals surface area (Å²) in [4.78, 5) is 31.2. The number of aromatic amines is 1. The number of aliphatic hydroxyl groups is 1. The van der Waals surface area contributed by atoms with Gasteiger partial charge in [0.25, 0.3) is 0 Å². The fraction of sp³-hybridized carbons (Fsp3) is 0.583. The zero-order valence-electron chi connectivity index (χ0n) is 11.4. The van der Waals surface area contributed by atoms with Crippen molar-refractivity contribution < 1.29 is 19.8 Å². The molecule has 0 aromatic carbocycles. The Labute approximate surface area is 116 Å². The molecule has 112 valence electrons. The number of carbonyl (C=O) groups excluding carboxylic acids is 1. The highest BCUT2D eigenvalue weighted by Crippen LogP contribution is 2.01. The van der Waals surface area contributed by atoms with Crippen LogP contribution in [-0.4, -0.2) is 62.8 Å². The number of carboxylic acids is 1. The van der Waals surface area contributed by atoms with Crippen molar-refractivity contribution in [1.29, 1.82) is 0 Å². The first-order valence-corrected chi connectivity index (χ1v) is 6.44. The molecule has 0 saturated heterocycles. The lowest BCUT2D eigenvalue weighted by atomic mass is 10.1. The number of H-pyrrole nitrogens is 1. The van der Waals surface area contributed by atoms with Crippen molar-refractivity contribution in [3.05, 3.63) is 18.2 Å². The summed E-state index contributed by atoms with van der Waals surface area (Å²) in [5.74, 6) is -1.12. The van der Waals surface area contributed by atoms with E-state index in [-0.39, 0.29) is 19.6 Å². The summed E-state index contributed by atoms with van der Waals surface area (Å²) >= 11 is 0. The molecule has 8 heteroatoms. The van der Waals surface area contributed by atoms with Crippen LogP contribution in [0, 0.1) is 0 Å². The van der Waals surface area contributed by atoms with E-state index >= 15 is 0 Å². The molecule has 0 aliphatic rings. The Bertz CT molecular complexity index is 415. The average molecular weight is 284 g/mol. The highest BCUT2D eigenvalue weighted by molar-refractivity contribution is 5.82. The van der Waals surface area contributed by atoms with Crippen molar-refractivity contribution >= 4 is 12.0 Å². The van der Waals surface area contributed by atoms with Crippen LogP contribution >= 0.6 is 0 Å². The summed E-state index contributed by atoms with van der Waals surface area (Å²) in [7, 11) is 0. The number of aliphatic hydroxyl groups excluding tert-OH is 1. The Morgan fingerprint density at radius 3 is 2.75 bits per heavy atom. The van der Waals surface area contributed by atoms with Gasteiger partial charge in [0.15, 0.2) is 0 Å². The molecule has 1 atom stereocenters. The zero-order chi connectivity index (χ0) is 15.0. The van der Waals surface area contributed by atoms with Gasteiger partial charge in [-0.25, -0.2) is 14.6 Å². The van der Waals surface area contributed by atoms with Crippen molar-refractivity contribution in [2.75, 3.05) is 19.7 Å². The van der Waals surface area contributed by atoms with Crippen LogP contribution in [0.15, 0.2) is 12.5 Å². The van der Waals surface area contributed by atoms with E-state index in [0.717, 1.165) is 6.42 Å². The number of carbonyl (C=O) groups is 2. The number of amides is 2. The van der Waals surface area contributed by atoms with Gasteiger partial charge < -0.3 is 25.4 Å². The van der Waals surface area contributed by atoms with Crippen LogP contribution in [0.3, 0.4) is 0 Å². The largest absolute Gasteiger partial charge is 0.480 e. The number of imidazole rings is 1. The van der Waals surface area contributed by atoms with Crippen LogP contribution in [0.5, 0.6) is 0 Å². The first-order chi connectivity index (χ1) is 9.58. The molecule has 1 rings (SSSR count). The Balaban J connectivity index is 2.64. The lowest BCUT2D eigenvalue weighted by Crippen LogP contribution is -2.49. The maximum atomic E-state index is 12.0. The van der Waals surface area contributed by atoms with Crippen molar-refractivity contribution in [3.63, 3.8) is 0 Å². The molecular weight excluding hydrogens is 264 g/mol. The molecule has 4 N–H and O–H groups in total. The predicted molar refractivity (Wildman–Crippen MR) is 71.2 cm³/mol. The molecule has 0 unspecified atom stereocenters. The maximum absolute atomic E-state index is 12.0. The molecule has 1 aromatic heterocycles. The van der Waals surface area contributed by atoms with Gasteiger partial charge in [-0.3, -0.25) is 0 Å². The number of urea groups is 1. The summed E-state index contributed by atoms with van der Waals surface area (Å²) in [6.07, 6.45) is 3.82. The third-order valence-corrected chi connectivity index (χ3v) is 2.73. The molecule has 0 aliphatic carbocycles. The van der Waals surface area contributed by atoms with E-state index in [9.17, 15) is 9.59 Å². The van der Waals surface area contributed by atoms with E-state index < -0.39 is 18.0 Å². The molecule has 0 aliphatic heterocycles. The van der Waals surface area contributed by atoms with Gasteiger partial charge in [-0.2, -0.15) is 0 Å². The number of nitrogens with one attached hydrogen (secondary N) is 2. The molecule has 8 nitrogen and oxygen atoms in total. The maximum Gasteiger partial charge on any atom is 0.326 e. The molecule has 1 heterocycles. The minimum absolute atomic E-state index is 0.125. The van der Waals surface area contributed by atoms with Gasteiger partial charge in [0.1, 0.15) is 6.04 Å². The number of nitrogens with zero attached hydrogens (tertiary/aromatic N) is 2. The van der Waals surface area contributed by atoms with Crippen molar-refractivity contribution in [1.82, 2.24) is 20.2 Å². The lowest BCUT2D eigenvalue weighted by molar-refractivity contribution is -0.139. The third kappa shape index (κ3) is 4.88. The molecule has 1 aromatic rings. The molecular formula is C12H20N4O4. The number of aliphatic carboxylic acids is 1. The number of carboxylic acid groups (broad SMARTS) is 1. The quantitative estimate of drug-likeness (QED) is 0.528. The smallest absolute Gasteiger partial charge is 0.326 e. The van der Waals surface area contributed by atoms with E-state index in [0.29, 0.717) is 12.2 Å². The van der Waals surface area contributed by atoms with Crippen LogP contribution in [0.2, 0.25) is 0 Å². The van der Waals surface area contributed by atoms with Gasteiger partial charge in [0.05, 0.1) is 12.9 Å².